The third-order valence-corrected chi connectivity index (χ3v) is 11.8. The number of allylic oxidation sites excluding steroid dienone is 2. The first-order chi connectivity index (χ1) is 21.9. The number of rotatable bonds is 1. The highest BCUT2D eigenvalue weighted by Crippen LogP contribution is 2.44. The van der Waals surface area contributed by atoms with Gasteiger partial charge in [-0.25, -0.2) is 31.6 Å². The van der Waals surface area contributed by atoms with Crippen LogP contribution in [0.1, 0.15) is 81.0 Å². The van der Waals surface area contributed by atoms with Crippen molar-refractivity contribution in [2.24, 2.45) is 11.8 Å². The summed E-state index contributed by atoms with van der Waals surface area (Å²) >= 11 is 0. The number of hydrogen-bond acceptors (Lipinski definition) is 7. The van der Waals surface area contributed by atoms with Crippen molar-refractivity contribution in [2.75, 3.05) is 36.5 Å². The Bertz CT molecular complexity index is 1770. The molecule has 0 amide bonds. The third-order valence-electron chi connectivity index (χ3n) is 10.1. The topological polar surface area (TPSA) is 97.2 Å². The molecule has 0 saturated carbocycles. The Labute approximate surface area is 268 Å². The van der Waals surface area contributed by atoms with Crippen LogP contribution in [0, 0.1) is 17.7 Å². The normalized spacial score (nSPS) is 27.9. The minimum atomic E-state index is -3.32. The molecule has 8 nitrogen and oxygen atoms in total. The second kappa shape index (κ2) is 13.1. The third kappa shape index (κ3) is 6.60. The predicted octanol–water partition coefficient (Wildman–Crippen LogP) is 6.19. The van der Waals surface area contributed by atoms with Gasteiger partial charge in [0.15, 0.2) is 0 Å². The predicted molar refractivity (Wildman–Crippen MR) is 173 cm³/mol. The molecule has 1 unspecified atom stereocenters. The van der Waals surface area contributed by atoms with Gasteiger partial charge in [-0.3, -0.25) is 9.36 Å². The van der Waals surface area contributed by atoms with Crippen molar-refractivity contribution < 1.29 is 21.6 Å². The molecule has 7 rings (SSSR count). The number of hydrogen-bond donors (Lipinski definition) is 1. The van der Waals surface area contributed by atoms with Crippen LogP contribution in [0.25, 0.3) is 11.0 Å². The molecular formula is C34H42F3N5O3S. The lowest BCUT2D eigenvalue weighted by Crippen LogP contribution is -2.41. The Morgan fingerprint density at radius 3 is 2.46 bits per heavy atom. The standard InChI is InChI=1S/C34H42F3N5O3S/c1-22-7-4-3-5-14-42-32-28(19-27(33(42)43)24-12-17-46(44,45)18-13-24)31(38-21-39-32)40-23(2)26-8-6-9-29(30(26)35)34(36,37)25-10-15-41(20-22)16-11-25/h3,5-6,8-9,19,21-25H,4,7,10-18,20H2,1-2H3,(H,38,39,40)/b5-3-/t22?,23-/m1/s1. The molecule has 0 aliphatic carbocycles. The van der Waals surface area contributed by atoms with E-state index in [1.165, 1.54) is 24.5 Å². The highest BCUT2D eigenvalue weighted by Gasteiger charge is 2.45. The van der Waals surface area contributed by atoms with E-state index in [2.05, 4.69) is 33.2 Å². The van der Waals surface area contributed by atoms with Gasteiger partial charge in [0, 0.05) is 30.1 Å². The van der Waals surface area contributed by atoms with E-state index in [0.29, 0.717) is 67.1 Å². The van der Waals surface area contributed by atoms with Gasteiger partial charge < -0.3 is 10.2 Å². The highest BCUT2D eigenvalue weighted by atomic mass is 32.2. The smallest absolute Gasteiger partial charge is 0.278 e. The monoisotopic (exact) mass is 657 g/mol. The lowest BCUT2D eigenvalue weighted by atomic mass is 9.85. The van der Waals surface area contributed by atoms with Gasteiger partial charge in [-0.1, -0.05) is 37.3 Å². The largest absolute Gasteiger partial charge is 0.363 e. The number of alkyl halides is 2. The lowest BCUT2D eigenvalue weighted by molar-refractivity contribution is -0.0886. The van der Waals surface area contributed by atoms with E-state index in [-0.39, 0.29) is 35.1 Å². The van der Waals surface area contributed by atoms with Crippen LogP contribution in [0.5, 0.6) is 0 Å². The molecule has 1 aromatic carbocycles. The van der Waals surface area contributed by atoms with Gasteiger partial charge in [-0.05, 0) is 76.4 Å². The average Bonchev–Trinajstić information content (AvgIpc) is 3.02. The van der Waals surface area contributed by atoms with Gasteiger partial charge in [0.2, 0.25) is 0 Å². The number of aromatic nitrogens is 3. The molecule has 3 aromatic rings. The number of sulfone groups is 1. The molecule has 2 atom stereocenters. The number of fused-ring (bicyclic) bond motifs is 8. The molecule has 4 aliphatic rings. The fourth-order valence-electron chi connectivity index (χ4n) is 7.31. The van der Waals surface area contributed by atoms with Crippen LogP contribution in [0.3, 0.4) is 0 Å². The molecule has 0 radical (unpaired) electrons. The molecule has 2 saturated heterocycles. The van der Waals surface area contributed by atoms with E-state index < -0.39 is 39.1 Å². The number of nitrogens with zero attached hydrogens (tertiary/aromatic N) is 4. The Morgan fingerprint density at radius 2 is 1.72 bits per heavy atom. The van der Waals surface area contributed by atoms with E-state index in [1.54, 1.807) is 17.6 Å². The molecule has 1 N–H and O–H groups in total. The van der Waals surface area contributed by atoms with E-state index in [0.717, 1.165) is 19.4 Å². The van der Waals surface area contributed by atoms with Gasteiger partial charge in [0.05, 0.1) is 28.5 Å². The average molecular weight is 658 g/mol. The first kappa shape index (κ1) is 32.7. The maximum Gasteiger partial charge on any atom is 0.278 e. The summed E-state index contributed by atoms with van der Waals surface area (Å²) < 4.78 is 73.8. The van der Waals surface area contributed by atoms with E-state index in [9.17, 15) is 13.2 Å². The molecule has 248 valence electrons. The minimum Gasteiger partial charge on any atom is -0.363 e. The summed E-state index contributed by atoms with van der Waals surface area (Å²) in [6.45, 7) is 6.03. The summed E-state index contributed by atoms with van der Waals surface area (Å²) in [5, 5.41) is 3.74. The fourth-order valence-corrected chi connectivity index (χ4v) is 8.81. The number of anilines is 1. The quantitative estimate of drug-likeness (QED) is 0.312. The molecule has 4 aliphatic heterocycles. The summed E-state index contributed by atoms with van der Waals surface area (Å²) in [6.07, 6.45) is 8.34. The van der Waals surface area contributed by atoms with E-state index >= 15 is 13.2 Å². The number of piperidine rings is 1. The molecule has 12 heteroatoms. The zero-order valence-corrected chi connectivity index (χ0v) is 27.2. The first-order valence-electron chi connectivity index (χ1n) is 16.3. The fraction of sp³-hybridized carbons (Fsp3) is 0.559. The summed E-state index contributed by atoms with van der Waals surface area (Å²) in [4.78, 5) is 25.0. The number of pyridine rings is 1. The van der Waals surface area contributed by atoms with Gasteiger partial charge in [0.1, 0.15) is 33.4 Å². The zero-order valence-electron chi connectivity index (χ0n) is 26.4. The Hall–Kier alpha value is -3.25. The van der Waals surface area contributed by atoms with Crippen molar-refractivity contribution in [3.63, 3.8) is 0 Å². The summed E-state index contributed by atoms with van der Waals surface area (Å²) in [5.74, 6) is -4.73. The van der Waals surface area contributed by atoms with Crippen LogP contribution < -0.4 is 10.9 Å². The van der Waals surface area contributed by atoms with Crippen molar-refractivity contribution in [2.45, 2.75) is 76.8 Å². The van der Waals surface area contributed by atoms with Crippen molar-refractivity contribution >= 4 is 26.7 Å². The second-order valence-corrected chi connectivity index (χ2v) is 15.6. The molecule has 0 spiro atoms. The summed E-state index contributed by atoms with van der Waals surface area (Å²) in [7, 11) is -3.14. The van der Waals surface area contributed by atoms with Crippen LogP contribution in [0.2, 0.25) is 0 Å². The SMILES string of the molecule is CC1CC/C=C\Cn2c(=O)c(C3CCS(=O)(=O)CC3)cc3c(ncnc32)N[C@H](C)c2cccc(c2F)C(F)(F)C2CCN(CC2)C1. The van der Waals surface area contributed by atoms with Crippen LogP contribution in [0.4, 0.5) is 19.0 Å². The zero-order chi connectivity index (χ0) is 32.6. The second-order valence-electron chi connectivity index (χ2n) is 13.3. The van der Waals surface area contributed by atoms with Gasteiger partial charge in [0.25, 0.3) is 11.5 Å². The number of benzene rings is 1. The number of nitrogens with one attached hydrogen (secondary N) is 1. The first-order valence-corrected chi connectivity index (χ1v) is 18.2. The van der Waals surface area contributed by atoms with Crippen LogP contribution in [0.15, 0.2) is 47.5 Å². The molecular weight excluding hydrogens is 615 g/mol. The van der Waals surface area contributed by atoms with Crippen LogP contribution in [-0.2, 0) is 22.3 Å². The molecule has 2 fully saturated rings. The molecule has 2 aromatic heterocycles. The van der Waals surface area contributed by atoms with Crippen molar-refractivity contribution in [1.29, 1.82) is 0 Å². The van der Waals surface area contributed by atoms with Gasteiger partial charge >= 0.3 is 0 Å². The van der Waals surface area contributed by atoms with E-state index in [4.69, 9.17) is 0 Å². The number of halogens is 3. The van der Waals surface area contributed by atoms with Crippen molar-refractivity contribution in [3.05, 3.63) is 75.6 Å². The summed E-state index contributed by atoms with van der Waals surface area (Å²) in [5.41, 5.74) is 0.158. The maximum absolute atomic E-state index is 16.0. The Balaban J connectivity index is 1.44. The highest BCUT2D eigenvalue weighted by molar-refractivity contribution is 7.91. The summed E-state index contributed by atoms with van der Waals surface area (Å²) in [6, 6.07) is 5.15. The van der Waals surface area contributed by atoms with Crippen molar-refractivity contribution in [3.8, 4) is 0 Å². The molecule has 46 heavy (non-hydrogen) atoms. The molecule has 8 bridgehead atoms. The lowest BCUT2D eigenvalue weighted by Gasteiger charge is -2.37. The maximum atomic E-state index is 16.0. The van der Waals surface area contributed by atoms with Crippen molar-refractivity contribution in [1.82, 2.24) is 19.4 Å². The molecule has 6 heterocycles. The van der Waals surface area contributed by atoms with Gasteiger partial charge in [-0.2, -0.15) is 0 Å². The Kier molecular flexibility index (Phi) is 9.31. The van der Waals surface area contributed by atoms with Crippen LogP contribution >= 0.6 is 0 Å². The van der Waals surface area contributed by atoms with E-state index in [1.807, 2.05) is 6.08 Å². The minimum absolute atomic E-state index is 0.0131. The van der Waals surface area contributed by atoms with Crippen LogP contribution in [-0.4, -0.2) is 59.0 Å². The Morgan fingerprint density at radius 1 is 0.978 bits per heavy atom. The van der Waals surface area contributed by atoms with Gasteiger partial charge in [-0.15, -0.1) is 0 Å².